The number of hydrogen-bond donors (Lipinski definition) is 1. The molecule has 0 aliphatic carbocycles. The van der Waals surface area contributed by atoms with Gasteiger partial charge >= 0.3 is 0 Å². The maximum Gasteiger partial charge on any atom is 0.221 e. The lowest BCUT2D eigenvalue weighted by atomic mass is 10.1. The van der Waals surface area contributed by atoms with Crippen LogP contribution in [0.1, 0.15) is 17.5 Å². The highest BCUT2D eigenvalue weighted by Crippen LogP contribution is 2.15. The highest BCUT2D eigenvalue weighted by atomic mass is 35.5. The SMILES string of the molecule is Cc1ccc(OCCNC(=O)CCCl)cc1C. The lowest BCUT2D eigenvalue weighted by Gasteiger charge is -2.09. The summed E-state index contributed by atoms with van der Waals surface area (Å²) in [5, 5.41) is 2.73. The molecule has 0 bridgehead atoms. The van der Waals surface area contributed by atoms with Crippen molar-refractivity contribution in [2.24, 2.45) is 0 Å². The van der Waals surface area contributed by atoms with Gasteiger partial charge in [0, 0.05) is 12.3 Å². The number of carbonyl (C=O) groups excluding carboxylic acids is 1. The Labute approximate surface area is 107 Å². The van der Waals surface area contributed by atoms with Crippen molar-refractivity contribution in [2.75, 3.05) is 19.0 Å². The lowest BCUT2D eigenvalue weighted by molar-refractivity contribution is -0.120. The number of aryl methyl sites for hydroxylation is 2. The maximum atomic E-state index is 11.1. The average Bonchev–Trinajstić information content (AvgIpc) is 2.29. The Hall–Kier alpha value is -1.22. The van der Waals surface area contributed by atoms with Gasteiger partial charge in [-0.05, 0) is 37.1 Å². The summed E-state index contributed by atoms with van der Waals surface area (Å²) in [5.74, 6) is 1.15. The van der Waals surface area contributed by atoms with E-state index in [-0.39, 0.29) is 5.91 Å². The molecule has 0 aliphatic rings. The second kappa shape index (κ2) is 7.17. The quantitative estimate of drug-likeness (QED) is 0.626. The molecule has 94 valence electrons. The van der Waals surface area contributed by atoms with Crippen molar-refractivity contribution in [3.05, 3.63) is 29.3 Å². The van der Waals surface area contributed by atoms with E-state index in [1.807, 2.05) is 25.1 Å². The molecule has 0 radical (unpaired) electrons. The molecule has 0 saturated heterocycles. The molecule has 0 saturated carbocycles. The van der Waals surface area contributed by atoms with Gasteiger partial charge < -0.3 is 10.1 Å². The topological polar surface area (TPSA) is 38.3 Å². The smallest absolute Gasteiger partial charge is 0.221 e. The number of hydrogen-bond acceptors (Lipinski definition) is 2. The molecule has 0 aromatic heterocycles. The summed E-state index contributed by atoms with van der Waals surface area (Å²) in [5.41, 5.74) is 2.45. The van der Waals surface area contributed by atoms with Crippen molar-refractivity contribution in [1.29, 1.82) is 0 Å². The molecule has 4 heteroatoms. The van der Waals surface area contributed by atoms with E-state index < -0.39 is 0 Å². The first kappa shape index (κ1) is 13.8. The normalized spacial score (nSPS) is 10.1. The Kier molecular flexibility index (Phi) is 5.84. The molecule has 1 rings (SSSR count). The molecule has 0 heterocycles. The van der Waals surface area contributed by atoms with Gasteiger partial charge in [-0.1, -0.05) is 6.07 Å². The standard InChI is InChI=1S/C13H18ClNO2/c1-10-3-4-12(9-11(10)2)17-8-7-15-13(16)5-6-14/h3-4,9H,5-8H2,1-2H3,(H,15,16). The monoisotopic (exact) mass is 255 g/mol. The van der Waals surface area contributed by atoms with Crippen molar-refractivity contribution in [3.63, 3.8) is 0 Å². The van der Waals surface area contributed by atoms with Crippen LogP contribution in [0.3, 0.4) is 0 Å². The van der Waals surface area contributed by atoms with Crippen LogP contribution in [-0.2, 0) is 4.79 Å². The third-order valence-corrected chi connectivity index (χ3v) is 2.68. The van der Waals surface area contributed by atoms with E-state index in [0.717, 1.165) is 5.75 Å². The van der Waals surface area contributed by atoms with E-state index in [2.05, 4.69) is 12.2 Å². The number of ether oxygens (including phenoxy) is 1. The average molecular weight is 256 g/mol. The Morgan fingerprint density at radius 1 is 1.35 bits per heavy atom. The van der Waals surface area contributed by atoms with Gasteiger partial charge in [-0.2, -0.15) is 0 Å². The number of nitrogens with one attached hydrogen (secondary N) is 1. The lowest BCUT2D eigenvalue weighted by Crippen LogP contribution is -2.28. The minimum atomic E-state index is -0.0383. The second-order valence-electron chi connectivity index (χ2n) is 3.88. The van der Waals surface area contributed by atoms with Crippen LogP contribution in [0.25, 0.3) is 0 Å². The molecular weight excluding hydrogens is 238 g/mol. The van der Waals surface area contributed by atoms with Gasteiger partial charge in [-0.25, -0.2) is 0 Å². The molecule has 0 atom stereocenters. The van der Waals surface area contributed by atoms with E-state index in [9.17, 15) is 4.79 Å². The van der Waals surface area contributed by atoms with Gasteiger partial charge in [0.2, 0.25) is 5.91 Å². The predicted octanol–water partition coefficient (Wildman–Crippen LogP) is 2.43. The van der Waals surface area contributed by atoms with Crippen molar-refractivity contribution >= 4 is 17.5 Å². The Bertz CT molecular complexity index is 380. The van der Waals surface area contributed by atoms with Crippen LogP contribution in [0.2, 0.25) is 0 Å². The van der Waals surface area contributed by atoms with Gasteiger partial charge in [0.15, 0.2) is 0 Å². The first-order valence-electron chi connectivity index (χ1n) is 5.66. The van der Waals surface area contributed by atoms with Crippen molar-refractivity contribution in [1.82, 2.24) is 5.32 Å². The highest BCUT2D eigenvalue weighted by Gasteiger charge is 2.00. The van der Waals surface area contributed by atoms with E-state index in [1.54, 1.807) is 0 Å². The molecule has 3 nitrogen and oxygen atoms in total. The Morgan fingerprint density at radius 2 is 2.12 bits per heavy atom. The van der Waals surface area contributed by atoms with Gasteiger partial charge in [0.1, 0.15) is 12.4 Å². The largest absolute Gasteiger partial charge is 0.492 e. The number of halogens is 1. The second-order valence-corrected chi connectivity index (χ2v) is 4.26. The van der Waals surface area contributed by atoms with Crippen LogP contribution in [0, 0.1) is 13.8 Å². The van der Waals surface area contributed by atoms with Crippen molar-refractivity contribution in [2.45, 2.75) is 20.3 Å². The molecule has 1 N–H and O–H groups in total. The van der Waals surface area contributed by atoms with Gasteiger partial charge in [0.25, 0.3) is 0 Å². The molecule has 0 spiro atoms. The summed E-state index contributed by atoms with van der Waals surface area (Å²) in [4.78, 5) is 11.1. The fraction of sp³-hybridized carbons (Fsp3) is 0.462. The summed E-state index contributed by atoms with van der Waals surface area (Å²) in [7, 11) is 0. The molecule has 17 heavy (non-hydrogen) atoms. The molecule has 1 aromatic carbocycles. The van der Waals surface area contributed by atoms with Crippen molar-refractivity contribution in [3.8, 4) is 5.75 Å². The molecule has 1 amide bonds. The Balaban J connectivity index is 2.26. The van der Waals surface area contributed by atoms with Crippen LogP contribution in [0.4, 0.5) is 0 Å². The van der Waals surface area contributed by atoms with Crippen molar-refractivity contribution < 1.29 is 9.53 Å². The molecular formula is C13H18ClNO2. The number of alkyl halides is 1. The number of amides is 1. The summed E-state index contributed by atoms with van der Waals surface area (Å²) in [6.45, 7) is 5.08. The molecule has 1 aromatic rings. The third-order valence-electron chi connectivity index (χ3n) is 2.49. The summed E-state index contributed by atoms with van der Waals surface area (Å²) in [6.07, 6.45) is 0.352. The number of rotatable bonds is 6. The number of carbonyl (C=O) groups is 1. The van der Waals surface area contributed by atoms with E-state index in [1.165, 1.54) is 11.1 Å². The zero-order valence-electron chi connectivity index (χ0n) is 10.3. The van der Waals surface area contributed by atoms with Crippen LogP contribution in [0.15, 0.2) is 18.2 Å². The van der Waals surface area contributed by atoms with E-state index in [0.29, 0.717) is 25.5 Å². The zero-order valence-corrected chi connectivity index (χ0v) is 11.0. The van der Waals surface area contributed by atoms with E-state index >= 15 is 0 Å². The minimum absolute atomic E-state index is 0.0383. The maximum absolute atomic E-state index is 11.1. The summed E-state index contributed by atoms with van der Waals surface area (Å²) < 4.78 is 5.52. The molecule has 0 fully saturated rings. The highest BCUT2D eigenvalue weighted by molar-refractivity contribution is 6.18. The van der Waals surface area contributed by atoms with Crippen LogP contribution >= 0.6 is 11.6 Å². The van der Waals surface area contributed by atoms with Gasteiger partial charge in [-0.15, -0.1) is 11.6 Å². The minimum Gasteiger partial charge on any atom is -0.492 e. The van der Waals surface area contributed by atoms with E-state index in [4.69, 9.17) is 16.3 Å². The fourth-order valence-electron chi connectivity index (χ4n) is 1.34. The Morgan fingerprint density at radius 3 is 2.76 bits per heavy atom. The first-order valence-corrected chi connectivity index (χ1v) is 6.19. The summed E-state index contributed by atoms with van der Waals surface area (Å²) >= 11 is 5.45. The zero-order chi connectivity index (χ0) is 12.7. The predicted molar refractivity (Wildman–Crippen MR) is 69.8 cm³/mol. The van der Waals surface area contributed by atoms with Crippen LogP contribution in [-0.4, -0.2) is 24.9 Å². The van der Waals surface area contributed by atoms with Crippen LogP contribution in [0.5, 0.6) is 5.75 Å². The molecule has 0 unspecified atom stereocenters. The van der Waals surface area contributed by atoms with Crippen LogP contribution < -0.4 is 10.1 Å². The third kappa shape index (κ3) is 5.09. The fourth-order valence-corrected chi connectivity index (χ4v) is 1.51. The summed E-state index contributed by atoms with van der Waals surface area (Å²) in [6, 6.07) is 5.95. The first-order chi connectivity index (χ1) is 8.13. The number of benzene rings is 1. The molecule has 0 aliphatic heterocycles. The van der Waals surface area contributed by atoms with Gasteiger partial charge in [-0.3, -0.25) is 4.79 Å². The van der Waals surface area contributed by atoms with Gasteiger partial charge in [0.05, 0.1) is 6.54 Å².